The molecule has 1 aromatic carbocycles. The van der Waals surface area contributed by atoms with Crippen LogP contribution < -0.4 is 14.9 Å². The van der Waals surface area contributed by atoms with E-state index in [1.54, 1.807) is 13.0 Å². The van der Waals surface area contributed by atoms with E-state index in [1.165, 1.54) is 13.0 Å². The minimum atomic E-state index is -3.21. The van der Waals surface area contributed by atoms with Crippen molar-refractivity contribution in [3.05, 3.63) is 47.7 Å². The van der Waals surface area contributed by atoms with E-state index in [-0.39, 0.29) is 17.4 Å². The normalized spacial score (nSPS) is 15.7. The number of nitrogens with one attached hydrogen (secondary N) is 2. The van der Waals surface area contributed by atoms with Crippen LogP contribution in [0.3, 0.4) is 0 Å². The lowest BCUT2D eigenvalue weighted by Crippen LogP contribution is -2.34. The van der Waals surface area contributed by atoms with Crippen LogP contribution in [0, 0.1) is 0 Å². The highest BCUT2D eigenvalue weighted by Gasteiger charge is 2.17. The molecule has 0 atom stereocenters. The lowest BCUT2D eigenvalue weighted by Gasteiger charge is -2.23. The Morgan fingerprint density at radius 2 is 1.83 bits per heavy atom. The zero-order chi connectivity index (χ0) is 21.6. The van der Waals surface area contributed by atoms with Crippen LogP contribution in [0.1, 0.15) is 20.8 Å². The molecular formula is C20H26N4O4S. The number of sulfonamides is 1. The molecule has 2 rings (SSSR count). The van der Waals surface area contributed by atoms with Gasteiger partial charge >= 0.3 is 0 Å². The summed E-state index contributed by atoms with van der Waals surface area (Å²) in [6, 6.07) is 7.53. The standard InChI is InChI=1S/C20H26N4O4S/c1-5-24(11-10-21-29(4,27)28)17-8-6-16(7-9-17)23-18-13-19(22-15(3)25)20(26)12-14(18)2/h6-9,12-13,21H,5,10-11H2,1-4H3,(H,22,25). The first kappa shape index (κ1) is 22.5. The van der Waals surface area contributed by atoms with Crippen LogP contribution >= 0.6 is 0 Å². The van der Waals surface area contributed by atoms with E-state index in [4.69, 9.17) is 0 Å². The molecule has 0 spiro atoms. The van der Waals surface area contributed by atoms with Gasteiger partial charge in [-0.25, -0.2) is 18.1 Å². The van der Waals surface area contributed by atoms with Crippen LogP contribution in [0.25, 0.3) is 0 Å². The third-order valence-electron chi connectivity index (χ3n) is 4.20. The van der Waals surface area contributed by atoms with E-state index < -0.39 is 10.0 Å². The van der Waals surface area contributed by atoms with E-state index in [1.807, 2.05) is 36.1 Å². The lowest BCUT2D eigenvalue weighted by molar-refractivity contribution is -0.120. The van der Waals surface area contributed by atoms with Crippen molar-refractivity contribution in [1.82, 2.24) is 10.0 Å². The summed E-state index contributed by atoms with van der Waals surface area (Å²) in [6.45, 7) is 6.73. The molecule has 0 heterocycles. The molecule has 0 fully saturated rings. The van der Waals surface area contributed by atoms with Crippen LogP contribution in [0.2, 0.25) is 0 Å². The Labute approximate surface area is 171 Å². The number of carbonyl (C=O) groups excluding carboxylic acids is 2. The van der Waals surface area contributed by atoms with Gasteiger partial charge in [0, 0.05) is 32.2 Å². The third-order valence-corrected chi connectivity index (χ3v) is 4.93. The van der Waals surface area contributed by atoms with Crippen molar-refractivity contribution in [2.75, 3.05) is 30.8 Å². The third kappa shape index (κ3) is 6.95. The maximum Gasteiger partial charge on any atom is 0.221 e. The summed E-state index contributed by atoms with van der Waals surface area (Å²) in [5.74, 6) is -0.570. The van der Waals surface area contributed by atoms with Crippen LogP contribution in [0.5, 0.6) is 0 Å². The molecule has 1 aromatic rings. The minimum Gasteiger partial charge on any atom is -0.370 e. The number of nitrogens with zero attached hydrogens (tertiary/aromatic N) is 2. The van der Waals surface area contributed by atoms with Gasteiger partial charge in [0.1, 0.15) is 0 Å². The van der Waals surface area contributed by atoms with Crippen LogP contribution in [-0.2, 0) is 19.6 Å². The van der Waals surface area contributed by atoms with Gasteiger partial charge in [-0.3, -0.25) is 9.59 Å². The molecule has 29 heavy (non-hydrogen) atoms. The monoisotopic (exact) mass is 418 g/mol. The van der Waals surface area contributed by atoms with Crippen molar-refractivity contribution in [3.63, 3.8) is 0 Å². The van der Waals surface area contributed by atoms with Crippen LogP contribution in [0.4, 0.5) is 11.4 Å². The first-order valence-electron chi connectivity index (χ1n) is 9.19. The van der Waals surface area contributed by atoms with Crippen molar-refractivity contribution in [1.29, 1.82) is 0 Å². The van der Waals surface area contributed by atoms with E-state index in [2.05, 4.69) is 15.0 Å². The molecule has 0 radical (unpaired) electrons. The van der Waals surface area contributed by atoms with Gasteiger partial charge in [0.2, 0.25) is 21.7 Å². The van der Waals surface area contributed by atoms with E-state index in [9.17, 15) is 18.0 Å². The summed E-state index contributed by atoms with van der Waals surface area (Å²) in [5.41, 5.74) is 3.18. The zero-order valence-corrected chi connectivity index (χ0v) is 17.8. The van der Waals surface area contributed by atoms with Crippen molar-refractivity contribution < 1.29 is 18.0 Å². The Bertz CT molecular complexity index is 976. The maximum atomic E-state index is 12.0. The second-order valence-electron chi connectivity index (χ2n) is 6.69. The first-order chi connectivity index (χ1) is 13.6. The minimum absolute atomic E-state index is 0.203. The smallest absolute Gasteiger partial charge is 0.221 e. The van der Waals surface area contributed by atoms with Crippen molar-refractivity contribution in [3.8, 4) is 0 Å². The molecule has 1 aliphatic carbocycles. The average molecular weight is 419 g/mol. The number of allylic oxidation sites excluding steroid dienone is 3. The van der Waals surface area contributed by atoms with E-state index >= 15 is 0 Å². The quantitative estimate of drug-likeness (QED) is 0.625. The Hall–Kier alpha value is -2.78. The molecule has 0 saturated carbocycles. The first-order valence-corrected chi connectivity index (χ1v) is 11.1. The van der Waals surface area contributed by atoms with Gasteiger partial charge in [0.15, 0.2) is 0 Å². The summed E-state index contributed by atoms with van der Waals surface area (Å²) in [4.78, 5) is 29.9. The fourth-order valence-corrected chi connectivity index (χ4v) is 3.25. The van der Waals surface area contributed by atoms with Gasteiger partial charge in [-0.05, 0) is 55.8 Å². The van der Waals surface area contributed by atoms with Gasteiger partial charge in [-0.1, -0.05) is 0 Å². The Morgan fingerprint density at radius 1 is 1.17 bits per heavy atom. The Balaban J connectivity index is 2.16. The number of hydrogen-bond acceptors (Lipinski definition) is 6. The summed E-state index contributed by atoms with van der Waals surface area (Å²) < 4.78 is 24.9. The topological polar surface area (TPSA) is 108 Å². The molecule has 9 heteroatoms. The molecule has 2 N–H and O–H groups in total. The predicted molar refractivity (Wildman–Crippen MR) is 115 cm³/mol. The van der Waals surface area contributed by atoms with E-state index in [0.29, 0.717) is 24.5 Å². The number of carbonyl (C=O) groups is 2. The number of aliphatic imine (C=N–C) groups is 1. The molecule has 156 valence electrons. The molecule has 0 aromatic heterocycles. The number of anilines is 1. The fourth-order valence-electron chi connectivity index (χ4n) is 2.79. The molecule has 1 amide bonds. The van der Waals surface area contributed by atoms with Gasteiger partial charge in [0.25, 0.3) is 0 Å². The summed E-state index contributed by atoms with van der Waals surface area (Å²) in [6.07, 6.45) is 4.16. The van der Waals surface area contributed by atoms with Gasteiger partial charge in [-0.2, -0.15) is 0 Å². The highest BCUT2D eigenvalue weighted by atomic mass is 32.2. The number of likely N-dealkylation sites (N-methyl/N-ethyl adjacent to an activating group) is 1. The number of rotatable bonds is 8. The van der Waals surface area contributed by atoms with Crippen molar-refractivity contribution in [2.45, 2.75) is 20.8 Å². The highest BCUT2D eigenvalue weighted by molar-refractivity contribution is 7.88. The lowest BCUT2D eigenvalue weighted by atomic mass is 10.0. The Morgan fingerprint density at radius 3 is 2.38 bits per heavy atom. The number of amides is 1. The number of ketones is 1. The molecule has 8 nitrogen and oxygen atoms in total. The van der Waals surface area contributed by atoms with Crippen molar-refractivity contribution >= 4 is 38.8 Å². The summed E-state index contributed by atoms with van der Waals surface area (Å²) in [7, 11) is -3.21. The molecule has 0 saturated heterocycles. The molecule has 1 aliphatic rings. The van der Waals surface area contributed by atoms with Crippen LogP contribution in [-0.4, -0.2) is 51.7 Å². The van der Waals surface area contributed by atoms with Gasteiger partial charge < -0.3 is 10.2 Å². The molecule has 0 aliphatic heterocycles. The second kappa shape index (κ2) is 9.62. The maximum absolute atomic E-state index is 12.0. The zero-order valence-electron chi connectivity index (χ0n) is 17.0. The molecular weight excluding hydrogens is 392 g/mol. The SMILES string of the molecule is CCN(CCNS(C)(=O)=O)c1ccc(N=C2C=C(NC(C)=O)C(=O)C=C2C)cc1. The second-order valence-corrected chi connectivity index (χ2v) is 8.52. The Kier molecular flexibility index (Phi) is 7.46. The molecule has 0 bridgehead atoms. The molecule has 0 unspecified atom stereocenters. The number of hydrogen-bond donors (Lipinski definition) is 2. The largest absolute Gasteiger partial charge is 0.370 e. The van der Waals surface area contributed by atoms with Gasteiger partial charge in [0.05, 0.1) is 23.4 Å². The van der Waals surface area contributed by atoms with Crippen molar-refractivity contribution in [2.24, 2.45) is 4.99 Å². The average Bonchev–Trinajstić information content (AvgIpc) is 2.62. The van der Waals surface area contributed by atoms with E-state index in [0.717, 1.165) is 24.1 Å². The van der Waals surface area contributed by atoms with Crippen LogP contribution in [0.15, 0.2) is 52.7 Å². The van der Waals surface area contributed by atoms with Gasteiger partial charge in [-0.15, -0.1) is 0 Å². The highest BCUT2D eigenvalue weighted by Crippen LogP contribution is 2.22. The fraction of sp³-hybridized carbons (Fsp3) is 0.350. The number of benzene rings is 1. The predicted octanol–water partition coefficient (Wildman–Crippen LogP) is 1.68. The summed E-state index contributed by atoms with van der Waals surface area (Å²) in [5, 5.41) is 2.52. The summed E-state index contributed by atoms with van der Waals surface area (Å²) >= 11 is 0.